The van der Waals surface area contributed by atoms with E-state index in [1.165, 1.54) is 19.2 Å². The highest BCUT2D eigenvalue weighted by Crippen LogP contribution is 2.15. The molecule has 0 saturated carbocycles. The number of benzene rings is 2. The number of hydrogen-bond donors (Lipinski definition) is 1. The zero-order valence-corrected chi connectivity index (χ0v) is 22.0. The van der Waals surface area contributed by atoms with Crippen LogP contribution in [0.15, 0.2) is 48.5 Å². The Kier molecular flexibility index (Phi) is 11.9. The summed E-state index contributed by atoms with van der Waals surface area (Å²) in [6.45, 7) is 7.33. The molecule has 0 saturated heterocycles. The first-order valence-corrected chi connectivity index (χ1v) is 11.4. The summed E-state index contributed by atoms with van der Waals surface area (Å²) in [5.41, 5.74) is 0.812. The summed E-state index contributed by atoms with van der Waals surface area (Å²) in [5.74, 6) is 1.88. The summed E-state index contributed by atoms with van der Waals surface area (Å²) < 4.78 is 11.6. The molecular weight excluding hydrogens is 551 g/mol. The minimum Gasteiger partial charge on any atom is -0.377 e. The van der Waals surface area contributed by atoms with E-state index in [2.05, 4.69) is 11.2 Å². The molecule has 2 rings (SSSR count). The fourth-order valence-corrected chi connectivity index (χ4v) is 3.38. The Bertz CT molecular complexity index is 1020. The van der Waals surface area contributed by atoms with Crippen molar-refractivity contribution in [3.05, 3.63) is 73.3 Å². The van der Waals surface area contributed by atoms with Gasteiger partial charge in [0.25, 0.3) is 11.6 Å². The summed E-state index contributed by atoms with van der Waals surface area (Å²) in [4.78, 5) is 34.5. The van der Waals surface area contributed by atoms with Gasteiger partial charge in [-0.3, -0.25) is 19.7 Å². The fourth-order valence-electron chi connectivity index (χ4n) is 2.85. The normalized spacial score (nSPS) is 12.4. The summed E-state index contributed by atoms with van der Waals surface area (Å²) in [7, 11) is 1.44. The quantitative estimate of drug-likeness (QED) is 0.215. The van der Waals surface area contributed by atoms with Crippen LogP contribution in [-0.2, 0) is 14.3 Å². The second kappa shape index (κ2) is 13.8. The van der Waals surface area contributed by atoms with Crippen LogP contribution in [0.3, 0.4) is 0 Å². The molecule has 34 heavy (non-hydrogen) atoms. The molecule has 2 aromatic rings. The predicted octanol–water partition coefficient (Wildman–Crippen LogP) is 4.38. The fraction of sp³-hybridized carbons (Fsp3) is 0.360. The number of ketones is 1. The first-order chi connectivity index (χ1) is 15.9. The predicted molar refractivity (Wildman–Crippen MR) is 139 cm³/mol. The monoisotopic (exact) mass is 580 g/mol. The molecule has 0 aliphatic rings. The molecule has 2 aromatic carbocycles. The van der Waals surface area contributed by atoms with Gasteiger partial charge in [-0.1, -0.05) is 12.0 Å². The van der Waals surface area contributed by atoms with Gasteiger partial charge in [0.2, 0.25) is 0 Å². The molecule has 0 heterocycles. The molecule has 0 aromatic heterocycles. The number of Topliss-reactive ketones (excluding diaryl/α,β-unsaturated/α-hetero) is 1. The maximum atomic E-state index is 12.4. The molecule has 182 valence electrons. The standard InChI is InChI=1S/C19H25NO4.C6H4INO2/c1-7-14-8-10-15(11-9-14)18(22)20-17(16(21)12-23-6)13(2)24-19(3,4)5;7-5-2-1-3-6(4-5)8(9)10/h1,8-11,13,17H,12H2,2-6H3,(H,20,22);1-4H/t13-,17+;/m1./s1. The van der Waals surface area contributed by atoms with Gasteiger partial charge in [-0.05, 0) is 80.6 Å². The minimum absolute atomic E-state index is 0.0984. The third kappa shape index (κ3) is 10.4. The number of ether oxygens (including phenoxy) is 2. The second-order valence-electron chi connectivity index (χ2n) is 8.24. The van der Waals surface area contributed by atoms with E-state index < -0.39 is 22.7 Å². The van der Waals surface area contributed by atoms with Crippen LogP contribution in [0.1, 0.15) is 43.6 Å². The van der Waals surface area contributed by atoms with Crippen LogP contribution in [-0.4, -0.2) is 48.1 Å². The second-order valence-corrected chi connectivity index (χ2v) is 9.49. The third-order valence-electron chi connectivity index (χ3n) is 4.26. The molecule has 0 spiro atoms. The van der Waals surface area contributed by atoms with Crippen LogP contribution in [0.5, 0.6) is 0 Å². The Morgan fingerprint density at radius 3 is 2.26 bits per heavy atom. The first kappa shape index (κ1) is 29.2. The van der Waals surface area contributed by atoms with Crippen LogP contribution in [0.25, 0.3) is 0 Å². The number of carbonyl (C=O) groups is 2. The van der Waals surface area contributed by atoms with E-state index in [1.807, 2.05) is 49.4 Å². The number of nitro groups is 1. The van der Waals surface area contributed by atoms with E-state index in [1.54, 1.807) is 37.3 Å². The molecule has 0 bridgehead atoms. The highest BCUT2D eigenvalue weighted by atomic mass is 127. The van der Waals surface area contributed by atoms with E-state index in [0.717, 1.165) is 3.57 Å². The number of non-ortho nitro benzene ring substituents is 1. The van der Waals surface area contributed by atoms with Gasteiger partial charge >= 0.3 is 0 Å². The molecule has 0 unspecified atom stereocenters. The van der Waals surface area contributed by atoms with Crippen molar-refractivity contribution in [3.8, 4) is 12.3 Å². The number of rotatable bonds is 8. The SMILES string of the molecule is C#Cc1ccc(C(=O)N[C@H](C(=O)COC)[C@@H](C)OC(C)(C)C)cc1.O=[N+]([O-])c1cccc(I)c1. The summed E-state index contributed by atoms with van der Waals surface area (Å²) in [6.07, 6.45) is 4.80. The van der Waals surface area contributed by atoms with Gasteiger partial charge in [0.05, 0.1) is 16.6 Å². The molecular formula is C25H29IN2O6. The van der Waals surface area contributed by atoms with Gasteiger partial charge in [-0.15, -0.1) is 6.42 Å². The van der Waals surface area contributed by atoms with Crippen LogP contribution in [0.2, 0.25) is 0 Å². The van der Waals surface area contributed by atoms with E-state index in [4.69, 9.17) is 15.9 Å². The maximum Gasteiger partial charge on any atom is 0.270 e. The lowest BCUT2D eigenvalue weighted by molar-refractivity contribution is -0.384. The topological polar surface area (TPSA) is 108 Å². The Morgan fingerprint density at radius 2 is 1.82 bits per heavy atom. The largest absolute Gasteiger partial charge is 0.377 e. The van der Waals surface area contributed by atoms with Crippen LogP contribution < -0.4 is 5.32 Å². The van der Waals surface area contributed by atoms with Crippen molar-refractivity contribution in [1.82, 2.24) is 5.32 Å². The van der Waals surface area contributed by atoms with Gasteiger partial charge in [-0.25, -0.2) is 0 Å². The average Bonchev–Trinajstić information content (AvgIpc) is 2.76. The average molecular weight is 580 g/mol. The van der Waals surface area contributed by atoms with Crippen molar-refractivity contribution in [3.63, 3.8) is 0 Å². The van der Waals surface area contributed by atoms with Crippen LogP contribution in [0, 0.1) is 26.0 Å². The number of hydrogen-bond acceptors (Lipinski definition) is 6. The van der Waals surface area contributed by atoms with Crippen molar-refractivity contribution < 1.29 is 24.0 Å². The molecule has 2 atom stereocenters. The molecule has 0 aliphatic heterocycles. The Labute approximate surface area is 213 Å². The summed E-state index contributed by atoms with van der Waals surface area (Å²) >= 11 is 2.03. The lowest BCUT2D eigenvalue weighted by atomic mass is 10.0. The maximum absolute atomic E-state index is 12.4. The molecule has 0 radical (unpaired) electrons. The molecule has 8 nitrogen and oxygen atoms in total. The smallest absolute Gasteiger partial charge is 0.270 e. The van der Waals surface area contributed by atoms with Gasteiger partial charge in [-0.2, -0.15) is 0 Å². The number of terminal acetylenes is 1. The van der Waals surface area contributed by atoms with Crippen molar-refractivity contribution in [1.29, 1.82) is 0 Å². The Morgan fingerprint density at radius 1 is 1.21 bits per heavy atom. The van der Waals surface area contributed by atoms with Crippen molar-refractivity contribution >= 4 is 40.0 Å². The van der Waals surface area contributed by atoms with Crippen molar-refractivity contribution in [2.45, 2.75) is 45.4 Å². The van der Waals surface area contributed by atoms with Gasteiger partial charge in [0.15, 0.2) is 5.78 Å². The van der Waals surface area contributed by atoms with E-state index >= 15 is 0 Å². The lowest BCUT2D eigenvalue weighted by Crippen LogP contribution is -2.51. The van der Waals surface area contributed by atoms with Crippen LogP contribution >= 0.6 is 22.6 Å². The number of halogens is 1. The highest BCUT2D eigenvalue weighted by Gasteiger charge is 2.30. The summed E-state index contributed by atoms with van der Waals surface area (Å²) in [5, 5.41) is 12.9. The van der Waals surface area contributed by atoms with E-state index in [9.17, 15) is 19.7 Å². The van der Waals surface area contributed by atoms with Crippen molar-refractivity contribution in [2.75, 3.05) is 13.7 Å². The molecule has 0 fully saturated rings. The number of nitro benzene ring substituents is 1. The number of nitrogens with zero attached hydrogens (tertiary/aromatic N) is 1. The molecule has 0 aliphatic carbocycles. The highest BCUT2D eigenvalue weighted by molar-refractivity contribution is 14.1. The Hall–Kier alpha value is -2.81. The molecule has 1 N–H and O–H groups in total. The third-order valence-corrected chi connectivity index (χ3v) is 4.93. The molecule has 9 heteroatoms. The van der Waals surface area contributed by atoms with Crippen LogP contribution in [0.4, 0.5) is 5.69 Å². The Balaban J connectivity index is 0.000000479. The number of amides is 1. The van der Waals surface area contributed by atoms with Crippen molar-refractivity contribution in [2.24, 2.45) is 0 Å². The minimum atomic E-state index is -0.802. The zero-order chi connectivity index (χ0) is 25.9. The molecule has 1 amide bonds. The number of carbonyl (C=O) groups excluding carboxylic acids is 2. The number of methoxy groups -OCH3 is 1. The zero-order valence-electron chi connectivity index (χ0n) is 19.8. The van der Waals surface area contributed by atoms with Gasteiger partial charge in [0.1, 0.15) is 12.6 Å². The van der Waals surface area contributed by atoms with E-state index in [-0.39, 0.29) is 24.0 Å². The van der Waals surface area contributed by atoms with Gasteiger partial charge in [0, 0.05) is 33.9 Å². The lowest BCUT2D eigenvalue weighted by Gasteiger charge is -2.30. The first-order valence-electron chi connectivity index (χ1n) is 10.3. The summed E-state index contributed by atoms with van der Waals surface area (Å²) in [6, 6.07) is 12.3. The van der Waals surface area contributed by atoms with E-state index in [0.29, 0.717) is 11.1 Å². The number of nitrogens with one attached hydrogen (secondary N) is 1. The van der Waals surface area contributed by atoms with Gasteiger partial charge < -0.3 is 14.8 Å².